The fraction of sp³-hybridized carbons (Fsp3) is 0.143. The molecule has 0 heterocycles. The van der Waals surface area contributed by atoms with Crippen molar-refractivity contribution in [2.24, 2.45) is 0 Å². The molecule has 0 aliphatic rings. The standard InChI is InChI=1S/C14H13BrN2O3/c15-12-5-6-13(14(7-12)17(19)20)16-8-10-1-3-11(9-18)4-2-10/h1-7,16,18H,8-9H2. The Balaban J connectivity index is 2.12. The monoisotopic (exact) mass is 336 g/mol. The van der Waals surface area contributed by atoms with Crippen molar-refractivity contribution in [3.8, 4) is 0 Å². The molecule has 0 saturated carbocycles. The van der Waals surface area contributed by atoms with Crippen LogP contribution in [0.1, 0.15) is 11.1 Å². The van der Waals surface area contributed by atoms with Crippen LogP contribution in [0.3, 0.4) is 0 Å². The van der Waals surface area contributed by atoms with Crippen molar-refractivity contribution < 1.29 is 10.0 Å². The highest BCUT2D eigenvalue weighted by Gasteiger charge is 2.13. The molecule has 6 heteroatoms. The van der Waals surface area contributed by atoms with E-state index in [-0.39, 0.29) is 12.3 Å². The SMILES string of the molecule is O=[N+]([O-])c1cc(Br)ccc1NCc1ccc(CO)cc1. The predicted molar refractivity (Wildman–Crippen MR) is 80.5 cm³/mol. The Bertz CT molecular complexity index is 614. The number of rotatable bonds is 5. The van der Waals surface area contributed by atoms with Gasteiger partial charge in [-0.15, -0.1) is 0 Å². The first-order chi connectivity index (χ1) is 9.60. The lowest BCUT2D eigenvalue weighted by molar-refractivity contribution is -0.384. The predicted octanol–water partition coefficient (Wildman–Crippen LogP) is 3.46. The largest absolute Gasteiger partial charge is 0.392 e. The zero-order valence-corrected chi connectivity index (χ0v) is 12.1. The number of aliphatic hydroxyl groups excluding tert-OH is 1. The Kier molecular flexibility index (Phi) is 4.70. The molecule has 0 unspecified atom stereocenters. The highest BCUT2D eigenvalue weighted by molar-refractivity contribution is 9.10. The molecule has 5 nitrogen and oxygen atoms in total. The van der Waals surface area contributed by atoms with Crippen LogP contribution in [0.5, 0.6) is 0 Å². The van der Waals surface area contributed by atoms with Gasteiger partial charge in [-0.1, -0.05) is 40.2 Å². The third-order valence-corrected chi connectivity index (χ3v) is 3.34. The number of hydrogen-bond donors (Lipinski definition) is 2. The smallest absolute Gasteiger partial charge is 0.293 e. The summed E-state index contributed by atoms with van der Waals surface area (Å²) in [5, 5.41) is 23.0. The molecule has 0 spiro atoms. The second-order valence-corrected chi connectivity index (χ2v) is 5.16. The van der Waals surface area contributed by atoms with Gasteiger partial charge in [0, 0.05) is 17.1 Å². The van der Waals surface area contributed by atoms with Crippen molar-refractivity contribution in [2.75, 3.05) is 5.32 Å². The Morgan fingerprint density at radius 1 is 1.15 bits per heavy atom. The zero-order chi connectivity index (χ0) is 14.5. The number of nitro groups is 1. The molecule has 2 N–H and O–H groups in total. The number of halogens is 1. The Labute approximate surface area is 124 Å². The van der Waals surface area contributed by atoms with Gasteiger partial charge in [0.25, 0.3) is 5.69 Å². The maximum Gasteiger partial charge on any atom is 0.293 e. The third-order valence-electron chi connectivity index (χ3n) is 2.84. The number of hydrogen-bond acceptors (Lipinski definition) is 4. The van der Waals surface area contributed by atoms with Crippen molar-refractivity contribution in [2.45, 2.75) is 13.2 Å². The molecular weight excluding hydrogens is 324 g/mol. The normalized spacial score (nSPS) is 10.3. The molecule has 104 valence electrons. The van der Waals surface area contributed by atoms with E-state index in [4.69, 9.17) is 5.11 Å². The van der Waals surface area contributed by atoms with E-state index >= 15 is 0 Å². The quantitative estimate of drug-likeness (QED) is 0.647. The Hall–Kier alpha value is -1.92. The van der Waals surface area contributed by atoms with E-state index in [9.17, 15) is 10.1 Å². The Morgan fingerprint density at radius 2 is 1.80 bits per heavy atom. The molecule has 2 rings (SSSR count). The summed E-state index contributed by atoms with van der Waals surface area (Å²) >= 11 is 3.22. The van der Waals surface area contributed by atoms with Gasteiger partial charge in [0.2, 0.25) is 0 Å². The van der Waals surface area contributed by atoms with Gasteiger partial charge >= 0.3 is 0 Å². The van der Waals surface area contributed by atoms with Crippen molar-refractivity contribution >= 4 is 27.3 Å². The van der Waals surface area contributed by atoms with Crippen LogP contribution >= 0.6 is 15.9 Å². The van der Waals surface area contributed by atoms with Gasteiger partial charge in [-0.25, -0.2) is 0 Å². The van der Waals surface area contributed by atoms with Crippen LogP contribution in [-0.2, 0) is 13.2 Å². The van der Waals surface area contributed by atoms with Crippen molar-refractivity contribution in [1.82, 2.24) is 0 Å². The van der Waals surface area contributed by atoms with Crippen molar-refractivity contribution in [3.05, 3.63) is 68.2 Å². The first-order valence-electron chi connectivity index (χ1n) is 5.96. The molecule has 0 saturated heterocycles. The van der Waals surface area contributed by atoms with Crippen molar-refractivity contribution in [3.63, 3.8) is 0 Å². The highest BCUT2D eigenvalue weighted by atomic mass is 79.9. The molecule has 0 amide bonds. The maximum absolute atomic E-state index is 11.0. The number of nitrogens with zero attached hydrogens (tertiary/aromatic N) is 1. The first kappa shape index (κ1) is 14.5. The molecular formula is C14H13BrN2O3. The minimum atomic E-state index is -0.415. The minimum Gasteiger partial charge on any atom is -0.392 e. The fourth-order valence-electron chi connectivity index (χ4n) is 1.77. The minimum absolute atomic E-state index is 0.00585. The summed E-state index contributed by atoms with van der Waals surface area (Å²) in [4.78, 5) is 10.6. The average molecular weight is 337 g/mol. The lowest BCUT2D eigenvalue weighted by atomic mass is 10.1. The van der Waals surface area contributed by atoms with Crippen LogP contribution in [0.25, 0.3) is 0 Å². The van der Waals surface area contributed by atoms with Gasteiger partial charge in [0.15, 0.2) is 0 Å². The molecule has 20 heavy (non-hydrogen) atoms. The molecule has 2 aromatic carbocycles. The molecule has 0 aliphatic carbocycles. The van der Waals surface area contributed by atoms with E-state index in [1.54, 1.807) is 12.1 Å². The zero-order valence-electron chi connectivity index (χ0n) is 10.5. The van der Waals surface area contributed by atoms with Gasteiger partial charge in [0.1, 0.15) is 5.69 Å². The molecule has 0 aromatic heterocycles. The van der Waals surface area contributed by atoms with E-state index in [0.717, 1.165) is 11.1 Å². The summed E-state index contributed by atoms with van der Waals surface area (Å²) < 4.78 is 0.669. The van der Waals surface area contributed by atoms with E-state index in [1.807, 2.05) is 24.3 Å². The van der Waals surface area contributed by atoms with Gasteiger partial charge in [0.05, 0.1) is 11.5 Å². The topological polar surface area (TPSA) is 75.4 Å². The van der Waals surface area contributed by atoms with Gasteiger partial charge in [-0.05, 0) is 23.3 Å². The maximum atomic E-state index is 11.0. The summed E-state index contributed by atoms with van der Waals surface area (Å²) in [5.41, 5.74) is 2.33. The lowest BCUT2D eigenvalue weighted by Gasteiger charge is -2.08. The van der Waals surface area contributed by atoms with E-state index in [0.29, 0.717) is 16.7 Å². The Morgan fingerprint density at radius 3 is 2.40 bits per heavy atom. The summed E-state index contributed by atoms with van der Waals surface area (Å²) in [6, 6.07) is 12.3. The summed E-state index contributed by atoms with van der Waals surface area (Å²) in [6.07, 6.45) is 0. The molecule has 2 aromatic rings. The fourth-order valence-corrected chi connectivity index (χ4v) is 2.11. The third kappa shape index (κ3) is 3.55. The van der Waals surface area contributed by atoms with Crippen LogP contribution in [0.4, 0.5) is 11.4 Å². The number of anilines is 1. The van der Waals surface area contributed by atoms with E-state index in [1.165, 1.54) is 6.07 Å². The summed E-state index contributed by atoms with van der Waals surface area (Å²) in [5.74, 6) is 0. The second-order valence-electron chi connectivity index (χ2n) is 4.25. The number of benzene rings is 2. The second kappa shape index (κ2) is 6.49. The van der Waals surface area contributed by atoms with Gasteiger partial charge < -0.3 is 10.4 Å². The average Bonchev–Trinajstić information content (AvgIpc) is 2.46. The number of nitro benzene ring substituents is 1. The van der Waals surface area contributed by atoms with E-state index in [2.05, 4.69) is 21.2 Å². The molecule has 0 fully saturated rings. The number of nitrogens with one attached hydrogen (secondary N) is 1. The molecule has 0 radical (unpaired) electrons. The van der Waals surface area contributed by atoms with Crippen LogP contribution in [0, 0.1) is 10.1 Å². The molecule has 0 aliphatic heterocycles. The molecule has 0 atom stereocenters. The van der Waals surface area contributed by atoms with Gasteiger partial charge in [-0.3, -0.25) is 10.1 Å². The van der Waals surface area contributed by atoms with Crippen LogP contribution in [0.15, 0.2) is 46.9 Å². The van der Waals surface area contributed by atoms with Crippen LogP contribution < -0.4 is 5.32 Å². The van der Waals surface area contributed by atoms with E-state index < -0.39 is 4.92 Å². The summed E-state index contributed by atoms with van der Waals surface area (Å²) in [7, 11) is 0. The number of aliphatic hydroxyl groups is 1. The van der Waals surface area contributed by atoms with Crippen LogP contribution in [-0.4, -0.2) is 10.0 Å². The van der Waals surface area contributed by atoms with Gasteiger partial charge in [-0.2, -0.15) is 0 Å². The first-order valence-corrected chi connectivity index (χ1v) is 6.76. The molecule has 0 bridgehead atoms. The summed E-state index contributed by atoms with van der Waals surface area (Å²) in [6.45, 7) is 0.486. The lowest BCUT2D eigenvalue weighted by Crippen LogP contribution is -2.02. The van der Waals surface area contributed by atoms with Crippen LogP contribution in [0.2, 0.25) is 0 Å². The highest BCUT2D eigenvalue weighted by Crippen LogP contribution is 2.28. The van der Waals surface area contributed by atoms with Crippen molar-refractivity contribution in [1.29, 1.82) is 0 Å².